The SMILES string of the molecule is COc1cccc2c1CC[C@@H]1[C@H]2CCN1C1CCCC1. The number of hydrogen-bond donors (Lipinski definition) is 0. The largest absolute Gasteiger partial charge is 0.496 e. The van der Waals surface area contributed by atoms with Gasteiger partial charge in [-0.2, -0.15) is 0 Å². The standard InChI is InChI=1S/C18H25NO/c1-20-18-8-4-7-14-15-11-12-19(13-5-2-3-6-13)17(15)10-9-16(14)18/h4,7-8,13,15,17H,2-3,5-6,9-12H2,1H3/t15-,17+/m0/s1. The van der Waals surface area contributed by atoms with Crippen LogP contribution in [0.3, 0.4) is 0 Å². The summed E-state index contributed by atoms with van der Waals surface area (Å²) in [6.45, 7) is 1.32. The van der Waals surface area contributed by atoms with Crippen LogP contribution >= 0.6 is 0 Å². The van der Waals surface area contributed by atoms with E-state index in [9.17, 15) is 0 Å². The number of ether oxygens (including phenoxy) is 1. The zero-order chi connectivity index (χ0) is 13.5. The molecule has 0 aromatic heterocycles. The molecule has 2 nitrogen and oxygen atoms in total. The molecule has 1 aromatic carbocycles. The van der Waals surface area contributed by atoms with Crippen LogP contribution in [-0.4, -0.2) is 30.6 Å². The number of fused-ring (bicyclic) bond motifs is 3. The Morgan fingerprint density at radius 1 is 1.10 bits per heavy atom. The molecule has 2 heteroatoms. The number of hydrogen-bond acceptors (Lipinski definition) is 2. The molecule has 2 aliphatic carbocycles. The fourth-order valence-corrected chi connectivity index (χ4v) is 4.98. The van der Waals surface area contributed by atoms with Gasteiger partial charge in [0.25, 0.3) is 0 Å². The van der Waals surface area contributed by atoms with Crippen molar-refractivity contribution in [3.63, 3.8) is 0 Å². The summed E-state index contributed by atoms with van der Waals surface area (Å²) >= 11 is 0. The second-order valence-corrected chi connectivity index (χ2v) is 6.71. The van der Waals surface area contributed by atoms with Gasteiger partial charge in [-0.3, -0.25) is 4.90 Å². The Labute approximate surface area is 122 Å². The van der Waals surface area contributed by atoms with Crippen LogP contribution in [0.2, 0.25) is 0 Å². The van der Waals surface area contributed by atoms with Crippen molar-refractivity contribution in [2.75, 3.05) is 13.7 Å². The number of nitrogens with zero attached hydrogens (tertiary/aromatic N) is 1. The molecular formula is C18H25NO. The van der Waals surface area contributed by atoms with Crippen molar-refractivity contribution in [2.24, 2.45) is 0 Å². The van der Waals surface area contributed by atoms with E-state index in [2.05, 4.69) is 23.1 Å². The van der Waals surface area contributed by atoms with Gasteiger partial charge in [0.1, 0.15) is 5.75 Å². The van der Waals surface area contributed by atoms with E-state index in [1.165, 1.54) is 57.1 Å². The predicted octanol–water partition coefficient (Wildman–Crippen LogP) is 3.74. The van der Waals surface area contributed by atoms with Gasteiger partial charge in [0.2, 0.25) is 0 Å². The first kappa shape index (κ1) is 12.7. The number of methoxy groups -OCH3 is 1. The fourth-order valence-electron chi connectivity index (χ4n) is 4.98. The van der Waals surface area contributed by atoms with E-state index < -0.39 is 0 Å². The second-order valence-electron chi connectivity index (χ2n) is 6.71. The Morgan fingerprint density at radius 3 is 2.75 bits per heavy atom. The van der Waals surface area contributed by atoms with Crippen molar-refractivity contribution in [3.05, 3.63) is 29.3 Å². The highest BCUT2D eigenvalue weighted by Gasteiger charge is 2.42. The summed E-state index contributed by atoms with van der Waals surface area (Å²) in [5.41, 5.74) is 3.07. The van der Waals surface area contributed by atoms with E-state index >= 15 is 0 Å². The van der Waals surface area contributed by atoms with E-state index in [0.29, 0.717) is 0 Å². The van der Waals surface area contributed by atoms with Crippen LogP contribution in [0.1, 0.15) is 55.6 Å². The van der Waals surface area contributed by atoms with E-state index in [1.807, 2.05) is 0 Å². The molecule has 1 saturated heterocycles. The fraction of sp³-hybridized carbons (Fsp3) is 0.667. The molecule has 108 valence electrons. The number of benzene rings is 1. The van der Waals surface area contributed by atoms with Crippen molar-refractivity contribution in [1.82, 2.24) is 4.90 Å². The average molecular weight is 271 g/mol. The quantitative estimate of drug-likeness (QED) is 0.812. The van der Waals surface area contributed by atoms with Gasteiger partial charge in [-0.15, -0.1) is 0 Å². The molecule has 0 amide bonds. The van der Waals surface area contributed by atoms with E-state index in [1.54, 1.807) is 12.7 Å². The predicted molar refractivity (Wildman–Crippen MR) is 81.4 cm³/mol. The van der Waals surface area contributed by atoms with Crippen molar-refractivity contribution in [3.8, 4) is 5.75 Å². The highest BCUT2D eigenvalue weighted by atomic mass is 16.5. The Balaban J connectivity index is 1.63. The van der Waals surface area contributed by atoms with Crippen LogP contribution in [0, 0.1) is 0 Å². The molecule has 0 N–H and O–H groups in total. The number of likely N-dealkylation sites (tertiary alicyclic amines) is 1. The maximum Gasteiger partial charge on any atom is 0.122 e. The van der Waals surface area contributed by atoms with Gasteiger partial charge in [-0.05, 0) is 55.8 Å². The maximum absolute atomic E-state index is 5.57. The highest BCUT2D eigenvalue weighted by Crippen LogP contribution is 2.46. The van der Waals surface area contributed by atoms with Crippen molar-refractivity contribution >= 4 is 0 Å². The molecule has 0 radical (unpaired) electrons. The van der Waals surface area contributed by atoms with E-state index in [4.69, 9.17) is 4.74 Å². The molecule has 3 aliphatic rings. The minimum absolute atomic E-state index is 0.759. The first-order chi connectivity index (χ1) is 9.88. The molecule has 1 aliphatic heterocycles. The molecule has 20 heavy (non-hydrogen) atoms. The van der Waals surface area contributed by atoms with Gasteiger partial charge in [0, 0.05) is 18.0 Å². The molecule has 0 spiro atoms. The zero-order valence-corrected chi connectivity index (χ0v) is 12.5. The second kappa shape index (κ2) is 5.07. The minimum Gasteiger partial charge on any atom is -0.496 e. The van der Waals surface area contributed by atoms with Crippen LogP contribution in [0.25, 0.3) is 0 Å². The molecule has 4 rings (SSSR count). The van der Waals surface area contributed by atoms with Crippen molar-refractivity contribution < 1.29 is 4.74 Å². The van der Waals surface area contributed by atoms with Crippen LogP contribution in [-0.2, 0) is 6.42 Å². The molecule has 1 saturated carbocycles. The van der Waals surface area contributed by atoms with Gasteiger partial charge in [0.15, 0.2) is 0 Å². The lowest BCUT2D eigenvalue weighted by Gasteiger charge is -2.37. The van der Waals surface area contributed by atoms with Crippen LogP contribution in [0.15, 0.2) is 18.2 Å². The minimum atomic E-state index is 0.759. The van der Waals surface area contributed by atoms with E-state index in [-0.39, 0.29) is 0 Å². The molecule has 2 fully saturated rings. The highest BCUT2D eigenvalue weighted by molar-refractivity contribution is 5.45. The van der Waals surface area contributed by atoms with Crippen molar-refractivity contribution in [2.45, 2.75) is 62.9 Å². The summed E-state index contributed by atoms with van der Waals surface area (Å²) in [6, 6.07) is 8.35. The van der Waals surface area contributed by atoms with Crippen LogP contribution in [0.5, 0.6) is 5.75 Å². The van der Waals surface area contributed by atoms with Crippen LogP contribution < -0.4 is 4.74 Å². The van der Waals surface area contributed by atoms with Gasteiger partial charge in [0.05, 0.1) is 7.11 Å². The summed E-state index contributed by atoms with van der Waals surface area (Å²) in [6.07, 6.45) is 9.65. The monoisotopic (exact) mass is 271 g/mol. The third-order valence-corrected chi connectivity index (χ3v) is 5.86. The van der Waals surface area contributed by atoms with Gasteiger partial charge in [-0.25, -0.2) is 0 Å². The molecular weight excluding hydrogens is 246 g/mol. The molecule has 0 unspecified atom stereocenters. The summed E-state index contributed by atoms with van der Waals surface area (Å²) in [7, 11) is 1.81. The molecule has 2 atom stereocenters. The first-order valence-corrected chi connectivity index (χ1v) is 8.30. The summed E-state index contributed by atoms with van der Waals surface area (Å²) in [5, 5.41) is 0. The third kappa shape index (κ3) is 1.88. The Kier molecular flexibility index (Phi) is 3.22. The lowest BCUT2D eigenvalue weighted by molar-refractivity contribution is 0.163. The Hall–Kier alpha value is -1.02. The van der Waals surface area contributed by atoms with Crippen LogP contribution in [0.4, 0.5) is 0 Å². The number of rotatable bonds is 2. The lowest BCUT2D eigenvalue weighted by atomic mass is 9.79. The lowest BCUT2D eigenvalue weighted by Crippen LogP contribution is -2.40. The third-order valence-electron chi connectivity index (χ3n) is 5.86. The summed E-state index contributed by atoms with van der Waals surface area (Å²) in [5.74, 6) is 1.87. The topological polar surface area (TPSA) is 12.5 Å². The molecule has 0 bridgehead atoms. The van der Waals surface area contributed by atoms with Gasteiger partial charge in [-0.1, -0.05) is 25.0 Å². The summed E-state index contributed by atoms with van der Waals surface area (Å²) < 4.78 is 5.57. The zero-order valence-electron chi connectivity index (χ0n) is 12.5. The summed E-state index contributed by atoms with van der Waals surface area (Å²) in [4.78, 5) is 2.86. The first-order valence-electron chi connectivity index (χ1n) is 8.30. The Morgan fingerprint density at radius 2 is 1.95 bits per heavy atom. The van der Waals surface area contributed by atoms with Gasteiger partial charge >= 0.3 is 0 Å². The maximum atomic E-state index is 5.57. The van der Waals surface area contributed by atoms with E-state index in [0.717, 1.165) is 23.8 Å². The molecule has 1 heterocycles. The Bertz CT molecular complexity index is 492. The smallest absolute Gasteiger partial charge is 0.122 e. The normalized spacial score (nSPS) is 30.2. The van der Waals surface area contributed by atoms with Crippen molar-refractivity contribution in [1.29, 1.82) is 0 Å². The molecule has 1 aromatic rings. The van der Waals surface area contributed by atoms with Gasteiger partial charge < -0.3 is 4.74 Å². The average Bonchev–Trinajstić information content (AvgIpc) is 3.14.